The molecule has 1 amide bonds. The fraction of sp³-hybridized carbons (Fsp3) is 0.241. The molecule has 0 spiro atoms. The summed E-state index contributed by atoms with van der Waals surface area (Å²) in [6.45, 7) is 6.61. The van der Waals surface area contributed by atoms with Crippen molar-refractivity contribution in [2.24, 2.45) is 0 Å². The molecule has 3 aromatic rings. The number of hydrogen-bond acceptors (Lipinski definition) is 5. The number of methoxy groups -OCH3 is 1. The minimum Gasteiger partial charge on any atom is -0.507 e. The predicted molar refractivity (Wildman–Crippen MR) is 136 cm³/mol. The smallest absolute Gasteiger partial charge is 0.300 e. The summed E-state index contributed by atoms with van der Waals surface area (Å²) in [5.74, 6) is -0.132. The largest absolute Gasteiger partial charge is 0.507 e. The van der Waals surface area contributed by atoms with Crippen molar-refractivity contribution >= 4 is 23.1 Å². The molecule has 0 aromatic heterocycles. The topological polar surface area (TPSA) is 76.1 Å². The molecular formula is C29H29NO5. The molecule has 6 heteroatoms. The molecule has 1 heterocycles. The van der Waals surface area contributed by atoms with Crippen LogP contribution in [-0.4, -0.2) is 30.5 Å². The lowest BCUT2D eigenvalue weighted by Crippen LogP contribution is -2.29. The monoisotopic (exact) mass is 471 g/mol. The van der Waals surface area contributed by atoms with Crippen LogP contribution < -0.4 is 14.4 Å². The molecule has 1 unspecified atom stereocenters. The zero-order chi connectivity index (χ0) is 25.1. The Morgan fingerprint density at radius 1 is 0.971 bits per heavy atom. The van der Waals surface area contributed by atoms with Crippen molar-refractivity contribution in [1.82, 2.24) is 0 Å². The highest BCUT2D eigenvalue weighted by Crippen LogP contribution is 2.43. The van der Waals surface area contributed by atoms with E-state index < -0.39 is 17.7 Å². The number of anilines is 1. The number of amides is 1. The maximum absolute atomic E-state index is 13.3. The molecule has 1 fully saturated rings. The third-order valence-electron chi connectivity index (χ3n) is 6.13. The van der Waals surface area contributed by atoms with Crippen LogP contribution in [0.1, 0.15) is 49.4 Å². The molecular weight excluding hydrogens is 442 g/mol. The van der Waals surface area contributed by atoms with E-state index >= 15 is 0 Å². The Balaban J connectivity index is 1.88. The Labute approximate surface area is 205 Å². The fourth-order valence-corrected chi connectivity index (χ4v) is 4.27. The zero-order valence-electron chi connectivity index (χ0n) is 20.3. The minimum atomic E-state index is -0.804. The SMILES string of the molecule is CCOc1ccc(C2/C(=C(/O)c3cccc(OC)c3)C(=O)C(=O)N2c2ccc(C(C)C)cc2)cc1. The second-order valence-corrected chi connectivity index (χ2v) is 8.65. The van der Waals surface area contributed by atoms with Crippen LogP contribution in [0.15, 0.2) is 78.4 Å². The number of Topliss-reactive ketones (excluding diaryl/α,β-unsaturated/α-hetero) is 1. The van der Waals surface area contributed by atoms with E-state index in [4.69, 9.17) is 9.47 Å². The molecule has 4 rings (SSSR count). The average molecular weight is 472 g/mol. The van der Waals surface area contributed by atoms with Crippen molar-refractivity contribution in [2.45, 2.75) is 32.7 Å². The Hall–Kier alpha value is -4.06. The molecule has 0 saturated carbocycles. The summed E-state index contributed by atoms with van der Waals surface area (Å²) in [6.07, 6.45) is 0. The molecule has 1 aliphatic heterocycles. The first-order chi connectivity index (χ1) is 16.8. The van der Waals surface area contributed by atoms with Crippen LogP contribution in [0.2, 0.25) is 0 Å². The molecule has 1 atom stereocenters. The van der Waals surface area contributed by atoms with Crippen LogP contribution >= 0.6 is 0 Å². The molecule has 0 radical (unpaired) electrons. The summed E-state index contributed by atoms with van der Waals surface area (Å²) in [7, 11) is 1.53. The number of nitrogens with zero attached hydrogens (tertiary/aromatic N) is 1. The van der Waals surface area contributed by atoms with Gasteiger partial charge in [0.2, 0.25) is 0 Å². The summed E-state index contributed by atoms with van der Waals surface area (Å²) in [6, 6.07) is 20.8. The number of carbonyl (C=O) groups excluding carboxylic acids is 2. The van der Waals surface area contributed by atoms with Crippen molar-refractivity contribution in [1.29, 1.82) is 0 Å². The Morgan fingerprint density at radius 3 is 2.26 bits per heavy atom. The van der Waals surface area contributed by atoms with Gasteiger partial charge in [-0.2, -0.15) is 0 Å². The molecule has 6 nitrogen and oxygen atoms in total. The third kappa shape index (κ3) is 4.64. The molecule has 0 aliphatic carbocycles. The third-order valence-corrected chi connectivity index (χ3v) is 6.13. The van der Waals surface area contributed by atoms with Crippen molar-refractivity contribution in [3.63, 3.8) is 0 Å². The Morgan fingerprint density at radius 2 is 1.66 bits per heavy atom. The van der Waals surface area contributed by atoms with Gasteiger partial charge in [-0.15, -0.1) is 0 Å². The number of rotatable bonds is 7. The quantitative estimate of drug-likeness (QED) is 0.266. The van der Waals surface area contributed by atoms with Crippen LogP contribution in [0.4, 0.5) is 5.69 Å². The van der Waals surface area contributed by atoms with Gasteiger partial charge in [-0.05, 0) is 60.4 Å². The van der Waals surface area contributed by atoms with Gasteiger partial charge in [-0.25, -0.2) is 0 Å². The van der Waals surface area contributed by atoms with Gasteiger partial charge in [0, 0.05) is 11.3 Å². The lowest BCUT2D eigenvalue weighted by atomic mass is 9.94. The molecule has 1 N–H and O–H groups in total. The van der Waals surface area contributed by atoms with E-state index in [0.717, 1.165) is 5.56 Å². The van der Waals surface area contributed by atoms with Crippen molar-refractivity contribution in [3.05, 3.63) is 95.1 Å². The van der Waals surface area contributed by atoms with Crippen molar-refractivity contribution in [2.75, 3.05) is 18.6 Å². The standard InChI is InChI=1S/C29H29NO5/c1-5-35-23-15-11-20(12-16-23)26-25(27(31)21-7-6-8-24(17-21)34-4)28(32)29(33)30(26)22-13-9-19(10-14-22)18(2)3/h6-18,26,31H,5H2,1-4H3/b27-25-. The highest BCUT2D eigenvalue weighted by molar-refractivity contribution is 6.51. The van der Waals surface area contributed by atoms with Gasteiger partial charge < -0.3 is 14.6 Å². The number of aliphatic hydroxyl groups is 1. The first-order valence-corrected chi connectivity index (χ1v) is 11.6. The van der Waals surface area contributed by atoms with Gasteiger partial charge in [0.1, 0.15) is 17.3 Å². The Bertz CT molecular complexity index is 1260. The van der Waals surface area contributed by atoms with E-state index in [2.05, 4.69) is 13.8 Å². The van der Waals surface area contributed by atoms with E-state index in [0.29, 0.717) is 40.8 Å². The van der Waals surface area contributed by atoms with Gasteiger partial charge in [0.05, 0.1) is 25.3 Å². The number of ketones is 1. The van der Waals surface area contributed by atoms with Crippen molar-refractivity contribution < 1.29 is 24.2 Å². The second-order valence-electron chi connectivity index (χ2n) is 8.65. The number of hydrogen-bond donors (Lipinski definition) is 1. The number of ether oxygens (including phenoxy) is 2. The van der Waals surface area contributed by atoms with Crippen molar-refractivity contribution in [3.8, 4) is 11.5 Å². The second kappa shape index (κ2) is 10.1. The first kappa shape index (κ1) is 24.1. The summed E-state index contributed by atoms with van der Waals surface area (Å²) in [5, 5.41) is 11.3. The lowest BCUT2D eigenvalue weighted by molar-refractivity contribution is -0.132. The first-order valence-electron chi connectivity index (χ1n) is 11.6. The normalized spacial score (nSPS) is 17.2. The summed E-state index contributed by atoms with van der Waals surface area (Å²) in [4.78, 5) is 28.1. The Kier molecular flexibility index (Phi) is 6.92. The molecule has 180 valence electrons. The van der Waals surface area contributed by atoms with Gasteiger partial charge >= 0.3 is 0 Å². The number of carbonyl (C=O) groups is 2. The van der Waals surface area contributed by atoms with Crippen LogP contribution in [-0.2, 0) is 9.59 Å². The predicted octanol–water partition coefficient (Wildman–Crippen LogP) is 5.84. The summed E-state index contributed by atoms with van der Waals surface area (Å²) in [5.41, 5.74) is 2.82. The lowest BCUT2D eigenvalue weighted by Gasteiger charge is -2.26. The van der Waals surface area contributed by atoms with Crippen LogP contribution in [0.25, 0.3) is 5.76 Å². The van der Waals surface area contributed by atoms with Crippen LogP contribution in [0.3, 0.4) is 0 Å². The number of aliphatic hydroxyl groups excluding tert-OH is 1. The van der Waals surface area contributed by atoms with E-state index in [1.165, 1.54) is 12.0 Å². The van der Waals surface area contributed by atoms with Gasteiger partial charge in [0.15, 0.2) is 0 Å². The molecule has 0 bridgehead atoms. The summed E-state index contributed by atoms with van der Waals surface area (Å²) >= 11 is 0. The highest BCUT2D eigenvalue weighted by Gasteiger charge is 2.47. The average Bonchev–Trinajstić information content (AvgIpc) is 3.14. The fourth-order valence-electron chi connectivity index (χ4n) is 4.27. The van der Waals surface area contributed by atoms with E-state index in [1.807, 2.05) is 43.3 Å². The van der Waals surface area contributed by atoms with Gasteiger partial charge in [0.25, 0.3) is 11.7 Å². The van der Waals surface area contributed by atoms with Gasteiger partial charge in [-0.1, -0.05) is 50.2 Å². The van der Waals surface area contributed by atoms with Crippen LogP contribution in [0, 0.1) is 0 Å². The van der Waals surface area contributed by atoms with Crippen LogP contribution in [0.5, 0.6) is 11.5 Å². The van der Waals surface area contributed by atoms with E-state index in [-0.39, 0.29) is 11.3 Å². The molecule has 35 heavy (non-hydrogen) atoms. The molecule has 1 saturated heterocycles. The zero-order valence-corrected chi connectivity index (χ0v) is 20.3. The highest BCUT2D eigenvalue weighted by atomic mass is 16.5. The minimum absolute atomic E-state index is 0.0281. The molecule has 3 aromatic carbocycles. The summed E-state index contributed by atoms with van der Waals surface area (Å²) < 4.78 is 10.8. The van der Waals surface area contributed by atoms with E-state index in [1.54, 1.807) is 36.4 Å². The van der Waals surface area contributed by atoms with Gasteiger partial charge in [-0.3, -0.25) is 14.5 Å². The maximum Gasteiger partial charge on any atom is 0.300 e. The number of benzene rings is 3. The van der Waals surface area contributed by atoms with E-state index in [9.17, 15) is 14.7 Å². The maximum atomic E-state index is 13.3. The molecule has 1 aliphatic rings.